The molecule has 5 heteroatoms. The number of rotatable bonds is 5. The fourth-order valence-electron chi connectivity index (χ4n) is 2.01. The van der Waals surface area contributed by atoms with E-state index >= 15 is 0 Å². The lowest BCUT2D eigenvalue weighted by Crippen LogP contribution is -2.44. The first-order chi connectivity index (χ1) is 9.85. The summed E-state index contributed by atoms with van der Waals surface area (Å²) in [6.45, 7) is 7.76. The molecule has 1 aliphatic carbocycles. The molecule has 2 rings (SSSR count). The number of carbonyl (C=O) groups is 1. The Morgan fingerprint density at radius 2 is 1.90 bits per heavy atom. The van der Waals surface area contributed by atoms with Gasteiger partial charge in [0.25, 0.3) is 0 Å². The predicted octanol–water partition coefficient (Wildman–Crippen LogP) is 4.10. The number of carbonyl (C=O) groups excluding carboxylic acids is 1. The zero-order valence-electron chi connectivity index (χ0n) is 13.2. The van der Waals surface area contributed by atoms with Crippen molar-refractivity contribution in [2.24, 2.45) is 16.1 Å². The summed E-state index contributed by atoms with van der Waals surface area (Å²) in [7, 11) is 0. The number of anilines is 1. The summed E-state index contributed by atoms with van der Waals surface area (Å²) in [4.78, 5) is 12.0. The zero-order valence-corrected chi connectivity index (χ0v) is 13.2. The first-order valence-corrected chi connectivity index (χ1v) is 7.43. The Morgan fingerprint density at radius 3 is 2.48 bits per heavy atom. The van der Waals surface area contributed by atoms with E-state index in [-0.39, 0.29) is 12.1 Å². The van der Waals surface area contributed by atoms with E-state index in [1.807, 2.05) is 45.0 Å². The van der Waals surface area contributed by atoms with Gasteiger partial charge in [0.1, 0.15) is 5.66 Å². The molecule has 0 spiro atoms. The Kier molecular flexibility index (Phi) is 4.60. The third-order valence-electron chi connectivity index (χ3n) is 3.52. The van der Waals surface area contributed by atoms with Crippen molar-refractivity contribution >= 4 is 11.7 Å². The Labute approximate surface area is 126 Å². The molecule has 1 aliphatic rings. The van der Waals surface area contributed by atoms with Crippen LogP contribution in [0.15, 0.2) is 34.5 Å². The van der Waals surface area contributed by atoms with Gasteiger partial charge < -0.3 is 10.6 Å². The van der Waals surface area contributed by atoms with Crippen LogP contribution in [0.2, 0.25) is 0 Å². The normalized spacial score (nSPS) is 16.8. The van der Waals surface area contributed by atoms with Crippen LogP contribution in [0.1, 0.15) is 39.2 Å². The maximum Gasteiger partial charge on any atom is 0.321 e. The van der Waals surface area contributed by atoms with E-state index in [4.69, 9.17) is 0 Å². The summed E-state index contributed by atoms with van der Waals surface area (Å²) < 4.78 is 0. The van der Waals surface area contributed by atoms with Crippen molar-refractivity contribution in [2.75, 3.05) is 5.32 Å². The minimum Gasteiger partial charge on any atom is -0.312 e. The molecule has 2 N–H and O–H groups in total. The summed E-state index contributed by atoms with van der Waals surface area (Å²) >= 11 is 0. The molecule has 1 aromatic rings. The summed E-state index contributed by atoms with van der Waals surface area (Å²) in [6, 6.07) is 7.63. The summed E-state index contributed by atoms with van der Waals surface area (Å²) in [5, 5.41) is 14.2. The van der Waals surface area contributed by atoms with Gasteiger partial charge >= 0.3 is 6.03 Å². The molecule has 1 aromatic carbocycles. The standard InChI is InChI=1S/C16H24N4O/c1-11-5-9-14(10-6-11)17-15(21)18-16(3,4)20-19-12(2)13-7-8-13/h5-6,9-10,12-13H,7-8H2,1-4H3,(H2,17,18,21). The average Bonchev–Trinajstić information content (AvgIpc) is 3.22. The Hall–Kier alpha value is -1.91. The molecule has 1 unspecified atom stereocenters. The van der Waals surface area contributed by atoms with Gasteiger partial charge in [-0.15, -0.1) is 0 Å². The Bertz CT molecular complexity index is 518. The van der Waals surface area contributed by atoms with Gasteiger partial charge in [0, 0.05) is 5.69 Å². The van der Waals surface area contributed by atoms with E-state index in [1.165, 1.54) is 12.8 Å². The number of urea groups is 1. The topological polar surface area (TPSA) is 65.8 Å². The minimum absolute atomic E-state index is 0.242. The van der Waals surface area contributed by atoms with Crippen LogP contribution in [0, 0.1) is 12.8 Å². The third-order valence-corrected chi connectivity index (χ3v) is 3.52. The molecule has 5 nitrogen and oxygen atoms in total. The smallest absolute Gasteiger partial charge is 0.312 e. The number of benzene rings is 1. The molecule has 21 heavy (non-hydrogen) atoms. The predicted molar refractivity (Wildman–Crippen MR) is 84.5 cm³/mol. The molecule has 0 aromatic heterocycles. The summed E-state index contributed by atoms with van der Waals surface area (Å²) in [6.07, 6.45) is 2.48. The third kappa shape index (κ3) is 5.17. The fraction of sp³-hybridized carbons (Fsp3) is 0.562. The van der Waals surface area contributed by atoms with Gasteiger partial charge in [-0.1, -0.05) is 17.7 Å². The monoisotopic (exact) mass is 288 g/mol. The van der Waals surface area contributed by atoms with Crippen LogP contribution in [0.25, 0.3) is 0 Å². The van der Waals surface area contributed by atoms with E-state index < -0.39 is 5.66 Å². The van der Waals surface area contributed by atoms with Crippen LogP contribution in [0.4, 0.5) is 10.5 Å². The average molecular weight is 288 g/mol. The molecular formula is C16H24N4O. The molecule has 1 saturated carbocycles. The number of hydrogen-bond donors (Lipinski definition) is 2. The first-order valence-electron chi connectivity index (χ1n) is 7.43. The number of azo groups is 1. The molecule has 0 saturated heterocycles. The van der Waals surface area contributed by atoms with Gasteiger partial charge in [-0.25, -0.2) is 4.79 Å². The van der Waals surface area contributed by atoms with Crippen LogP contribution in [0.5, 0.6) is 0 Å². The lowest BCUT2D eigenvalue weighted by atomic mass is 10.2. The molecule has 0 heterocycles. The maximum atomic E-state index is 12.0. The molecule has 0 bridgehead atoms. The SMILES string of the molecule is Cc1ccc(NC(=O)NC(C)(C)N=NC(C)C2CC2)cc1. The second-order valence-corrected chi connectivity index (χ2v) is 6.30. The maximum absolute atomic E-state index is 12.0. The summed E-state index contributed by atoms with van der Waals surface area (Å²) in [5.41, 5.74) is 1.21. The molecule has 1 fully saturated rings. The largest absolute Gasteiger partial charge is 0.321 e. The van der Waals surface area contributed by atoms with Gasteiger partial charge in [-0.3, -0.25) is 0 Å². The minimum atomic E-state index is -0.710. The van der Waals surface area contributed by atoms with Crippen LogP contribution < -0.4 is 10.6 Å². The first kappa shape index (κ1) is 15.5. The van der Waals surface area contributed by atoms with Crippen molar-refractivity contribution in [3.05, 3.63) is 29.8 Å². The number of amides is 2. The van der Waals surface area contributed by atoms with Crippen molar-refractivity contribution in [3.8, 4) is 0 Å². The van der Waals surface area contributed by atoms with Gasteiger partial charge in [-0.2, -0.15) is 10.2 Å². The van der Waals surface area contributed by atoms with E-state index in [0.717, 1.165) is 11.3 Å². The van der Waals surface area contributed by atoms with Crippen LogP contribution in [-0.4, -0.2) is 17.7 Å². The molecular weight excluding hydrogens is 264 g/mol. The lowest BCUT2D eigenvalue weighted by Gasteiger charge is -2.21. The lowest BCUT2D eigenvalue weighted by molar-refractivity contribution is 0.241. The number of nitrogens with one attached hydrogen (secondary N) is 2. The van der Waals surface area contributed by atoms with Crippen molar-refractivity contribution in [3.63, 3.8) is 0 Å². The van der Waals surface area contributed by atoms with Crippen LogP contribution in [0.3, 0.4) is 0 Å². The Balaban J connectivity index is 1.86. The molecule has 114 valence electrons. The number of aryl methyl sites for hydroxylation is 1. The highest BCUT2D eigenvalue weighted by atomic mass is 16.2. The van der Waals surface area contributed by atoms with Gasteiger partial charge in [0.2, 0.25) is 0 Å². The van der Waals surface area contributed by atoms with Crippen molar-refractivity contribution in [2.45, 2.75) is 52.2 Å². The van der Waals surface area contributed by atoms with Crippen molar-refractivity contribution < 1.29 is 4.79 Å². The van der Waals surface area contributed by atoms with E-state index in [2.05, 4.69) is 27.8 Å². The van der Waals surface area contributed by atoms with Crippen LogP contribution in [-0.2, 0) is 0 Å². The molecule has 0 aliphatic heterocycles. The molecule has 2 amide bonds. The second kappa shape index (κ2) is 6.24. The van der Waals surface area contributed by atoms with Crippen molar-refractivity contribution in [1.82, 2.24) is 5.32 Å². The zero-order chi connectivity index (χ0) is 15.5. The second-order valence-electron chi connectivity index (χ2n) is 6.30. The van der Waals surface area contributed by atoms with E-state index in [0.29, 0.717) is 5.92 Å². The highest BCUT2D eigenvalue weighted by molar-refractivity contribution is 5.89. The van der Waals surface area contributed by atoms with E-state index in [9.17, 15) is 4.79 Å². The van der Waals surface area contributed by atoms with Gasteiger partial charge in [-0.05, 0) is 58.6 Å². The van der Waals surface area contributed by atoms with Gasteiger partial charge in [0.15, 0.2) is 0 Å². The Morgan fingerprint density at radius 1 is 1.29 bits per heavy atom. The molecule has 0 radical (unpaired) electrons. The van der Waals surface area contributed by atoms with Crippen molar-refractivity contribution in [1.29, 1.82) is 0 Å². The highest BCUT2D eigenvalue weighted by Crippen LogP contribution is 2.34. The fourth-order valence-corrected chi connectivity index (χ4v) is 2.01. The number of hydrogen-bond acceptors (Lipinski definition) is 3. The number of nitrogens with zero attached hydrogens (tertiary/aromatic N) is 2. The summed E-state index contributed by atoms with van der Waals surface area (Å²) in [5.74, 6) is 0.672. The molecule has 1 atom stereocenters. The van der Waals surface area contributed by atoms with E-state index in [1.54, 1.807) is 0 Å². The highest BCUT2D eigenvalue weighted by Gasteiger charge is 2.29. The van der Waals surface area contributed by atoms with Crippen LogP contribution >= 0.6 is 0 Å². The quantitative estimate of drug-likeness (QED) is 0.787. The van der Waals surface area contributed by atoms with Gasteiger partial charge in [0.05, 0.1) is 6.04 Å².